The van der Waals surface area contributed by atoms with E-state index in [9.17, 15) is 4.79 Å². The topological polar surface area (TPSA) is 64.7 Å². The first-order valence-corrected chi connectivity index (χ1v) is 7.88. The van der Waals surface area contributed by atoms with E-state index < -0.39 is 0 Å². The fourth-order valence-electron chi connectivity index (χ4n) is 2.74. The maximum Gasteiger partial charge on any atom is 0.251 e. The number of rotatable bonds is 5. The van der Waals surface area contributed by atoms with E-state index in [1.165, 1.54) is 0 Å². The largest absolute Gasteiger partial charge is 0.348 e. The van der Waals surface area contributed by atoms with Crippen LogP contribution < -0.4 is 5.32 Å². The van der Waals surface area contributed by atoms with E-state index in [-0.39, 0.29) is 5.91 Å². The van der Waals surface area contributed by atoms with Gasteiger partial charge in [0.1, 0.15) is 0 Å². The molecule has 1 aromatic carbocycles. The van der Waals surface area contributed by atoms with E-state index in [1.807, 2.05) is 66.8 Å². The zero-order chi connectivity index (χ0) is 17.1. The molecule has 2 aromatic heterocycles. The van der Waals surface area contributed by atoms with E-state index in [2.05, 4.69) is 15.5 Å². The standard InChI is InChI=1S/C18H21N5O/c1-13-17(14(2)22(3)21-13)11-19-18(24)16-7-4-6-15(10-16)12-23-9-5-8-20-23/h4-10H,11-12H2,1-3H3,(H,19,24). The van der Waals surface area contributed by atoms with Crippen molar-refractivity contribution in [2.75, 3.05) is 0 Å². The summed E-state index contributed by atoms with van der Waals surface area (Å²) in [6, 6.07) is 9.50. The van der Waals surface area contributed by atoms with Gasteiger partial charge in [0, 0.05) is 42.8 Å². The normalized spacial score (nSPS) is 10.8. The molecule has 0 fully saturated rings. The lowest BCUT2D eigenvalue weighted by Crippen LogP contribution is -2.23. The minimum atomic E-state index is -0.0834. The molecule has 0 aliphatic heterocycles. The Balaban J connectivity index is 1.69. The molecule has 0 bridgehead atoms. The molecule has 0 unspecified atom stereocenters. The van der Waals surface area contributed by atoms with E-state index in [0.717, 1.165) is 22.5 Å². The Bertz CT molecular complexity index is 848. The molecular weight excluding hydrogens is 302 g/mol. The summed E-state index contributed by atoms with van der Waals surface area (Å²) in [6.07, 6.45) is 3.65. The molecule has 0 atom stereocenters. The van der Waals surface area contributed by atoms with Crippen LogP contribution in [0.5, 0.6) is 0 Å². The predicted molar refractivity (Wildman–Crippen MR) is 91.6 cm³/mol. The highest BCUT2D eigenvalue weighted by Gasteiger charge is 2.12. The van der Waals surface area contributed by atoms with Gasteiger partial charge in [-0.05, 0) is 37.6 Å². The van der Waals surface area contributed by atoms with Gasteiger partial charge in [-0.2, -0.15) is 10.2 Å². The number of benzene rings is 1. The lowest BCUT2D eigenvalue weighted by molar-refractivity contribution is 0.0950. The summed E-state index contributed by atoms with van der Waals surface area (Å²) in [5, 5.41) is 11.5. The molecule has 3 rings (SSSR count). The Morgan fingerprint density at radius 1 is 1.25 bits per heavy atom. The molecule has 3 aromatic rings. The number of hydrogen-bond acceptors (Lipinski definition) is 3. The van der Waals surface area contributed by atoms with Gasteiger partial charge in [0.15, 0.2) is 0 Å². The van der Waals surface area contributed by atoms with Crippen molar-refractivity contribution in [1.82, 2.24) is 24.9 Å². The molecule has 1 N–H and O–H groups in total. The van der Waals surface area contributed by atoms with Crippen molar-refractivity contribution in [3.05, 3.63) is 70.8 Å². The number of carbonyl (C=O) groups is 1. The number of amides is 1. The molecule has 6 nitrogen and oxygen atoms in total. The second kappa shape index (κ2) is 6.70. The number of carbonyl (C=O) groups excluding carboxylic acids is 1. The van der Waals surface area contributed by atoms with Crippen molar-refractivity contribution in [2.45, 2.75) is 26.9 Å². The molecular formula is C18H21N5O. The van der Waals surface area contributed by atoms with E-state index >= 15 is 0 Å². The van der Waals surface area contributed by atoms with Gasteiger partial charge in [-0.25, -0.2) is 0 Å². The monoisotopic (exact) mass is 323 g/mol. The third-order valence-electron chi connectivity index (χ3n) is 4.18. The van der Waals surface area contributed by atoms with Gasteiger partial charge in [-0.15, -0.1) is 0 Å². The number of nitrogens with one attached hydrogen (secondary N) is 1. The molecule has 0 aliphatic carbocycles. The van der Waals surface area contributed by atoms with Crippen LogP contribution in [-0.4, -0.2) is 25.5 Å². The van der Waals surface area contributed by atoms with Gasteiger partial charge in [-0.1, -0.05) is 12.1 Å². The summed E-state index contributed by atoms with van der Waals surface area (Å²) < 4.78 is 3.67. The molecule has 124 valence electrons. The van der Waals surface area contributed by atoms with Crippen LogP contribution in [-0.2, 0) is 20.1 Å². The third-order valence-corrected chi connectivity index (χ3v) is 4.18. The highest BCUT2D eigenvalue weighted by molar-refractivity contribution is 5.94. The predicted octanol–water partition coefficient (Wildman–Crippen LogP) is 2.21. The van der Waals surface area contributed by atoms with Crippen molar-refractivity contribution < 1.29 is 4.79 Å². The molecule has 0 spiro atoms. The maximum absolute atomic E-state index is 12.4. The quantitative estimate of drug-likeness (QED) is 0.783. The average Bonchev–Trinajstić information content (AvgIpc) is 3.15. The molecule has 24 heavy (non-hydrogen) atoms. The van der Waals surface area contributed by atoms with Crippen molar-refractivity contribution in [2.24, 2.45) is 7.05 Å². The molecule has 6 heteroatoms. The van der Waals surface area contributed by atoms with Gasteiger partial charge >= 0.3 is 0 Å². The van der Waals surface area contributed by atoms with Crippen LogP contribution in [0.25, 0.3) is 0 Å². The fourth-order valence-corrected chi connectivity index (χ4v) is 2.74. The van der Waals surface area contributed by atoms with E-state index in [1.54, 1.807) is 6.20 Å². The van der Waals surface area contributed by atoms with Gasteiger partial charge in [0.2, 0.25) is 0 Å². The Kier molecular flexibility index (Phi) is 4.46. The fraction of sp³-hybridized carbons (Fsp3) is 0.278. The number of aromatic nitrogens is 4. The van der Waals surface area contributed by atoms with Crippen LogP contribution in [0.3, 0.4) is 0 Å². The summed E-state index contributed by atoms with van der Waals surface area (Å²) in [6.45, 7) is 5.09. The highest BCUT2D eigenvalue weighted by Crippen LogP contribution is 2.12. The first kappa shape index (κ1) is 16.0. The highest BCUT2D eigenvalue weighted by atomic mass is 16.1. The average molecular weight is 323 g/mol. The van der Waals surface area contributed by atoms with Crippen LogP contribution in [0.2, 0.25) is 0 Å². The zero-order valence-electron chi connectivity index (χ0n) is 14.2. The van der Waals surface area contributed by atoms with Gasteiger partial charge in [-0.3, -0.25) is 14.2 Å². The summed E-state index contributed by atoms with van der Waals surface area (Å²) in [4.78, 5) is 12.4. The Labute approximate surface area is 141 Å². The Morgan fingerprint density at radius 3 is 2.75 bits per heavy atom. The van der Waals surface area contributed by atoms with Crippen LogP contribution in [0.1, 0.15) is 32.9 Å². The van der Waals surface area contributed by atoms with Crippen molar-refractivity contribution in [3.63, 3.8) is 0 Å². The SMILES string of the molecule is Cc1nn(C)c(C)c1CNC(=O)c1cccc(Cn2cccn2)c1. The zero-order valence-corrected chi connectivity index (χ0v) is 14.2. The van der Waals surface area contributed by atoms with Crippen molar-refractivity contribution >= 4 is 5.91 Å². The molecule has 1 amide bonds. The molecule has 2 heterocycles. The number of aryl methyl sites for hydroxylation is 2. The maximum atomic E-state index is 12.4. The first-order chi connectivity index (χ1) is 11.5. The summed E-state index contributed by atoms with van der Waals surface area (Å²) in [7, 11) is 1.91. The lowest BCUT2D eigenvalue weighted by Gasteiger charge is -2.08. The summed E-state index contributed by atoms with van der Waals surface area (Å²) in [5.74, 6) is -0.0834. The minimum absolute atomic E-state index is 0.0834. The Morgan fingerprint density at radius 2 is 2.08 bits per heavy atom. The van der Waals surface area contributed by atoms with Crippen LogP contribution >= 0.6 is 0 Å². The van der Waals surface area contributed by atoms with Gasteiger partial charge in [0.25, 0.3) is 5.91 Å². The van der Waals surface area contributed by atoms with Crippen molar-refractivity contribution in [3.8, 4) is 0 Å². The summed E-state index contributed by atoms with van der Waals surface area (Å²) >= 11 is 0. The van der Waals surface area contributed by atoms with Crippen LogP contribution in [0.4, 0.5) is 0 Å². The minimum Gasteiger partial charge on any atom is -0.348 e. The van der Waals surface area contributed by atoms with Crippen LogP contribution in [0.15, 0.2) is 42.7 Å². The van der Waals surface area contributed by atoms with Crippen LogP contribution in [0, 0.1) is 13.8 Å². The molecule has 0 radical (unpaired) electrons. The molecule has 0 saturated heterocycles. The third kappa shape index (κ3) is 3.37. The Hall–Kier alpha value is -2.89. The smallest absolute Gasteiger partial charge is 0.251 e. The second-order valence-corrected chi connectivity index (χ2v) is 5.86. The summed E-state index contributed by atoms with van der Waals surface area (Å²) in [5.41, 5.74) is 4.78. The van der Waals surface area contributed by atoms with Gasteiger partial charge in [0.05, 0.1) is 12.2 Å². The lowest BCUT2D eigenvalue weighted by atomic mass is 10.1. The number of nitrogens with zero attached hydrogens (tertiary/aromatic N) is 4. The van der Waals surface area contributed by atoms with E-state index in [0.29, 0.717) is 18.7 Å². The van der Waals surface area contributed by atoms with E-state index in [4.69, 9.17) is 0 Å². The van der Waals surface area contributed by atoms with Gasteiger partial charge < -0.3 is 5.32 Å². The molecule has 0 saturated carbocycles. The first-order valence-electron chi connectivity index (χ1n) is 7.88. The molecule has 0 aliphatic rings. The number of hydrogen-bond donors (Lipinski definition) is 1. The second-order valence-electron chi connectivity index (χ2n) is 5.86. The van der Waals surface area contributed by atoms with Crippen molar-refractivity contribution in [1.29, 1.82) is 0 Å².